The Labute approximate surface area is 178 Å². The number of piperazine rings is 1. The quantitative estimate of drug-likeness (QED) is 0.607. The largest absolute Gasteiger partial charge is 0.388 e. The highest BCUT2D eigenvalue weighted by molar-refractivity contribution is 5.84. The average molecular weight is 409 g/mol. The van der Waals surface area contributed by atoms with Crippen LogP contribution in [0.3, 0.4) is 0 Å². The van der Waals surface area contributed by atoms with Gasteiger partial charge in [-0.1, -0.05) is 19.9 Å². The third-order valence-corrected chi connectivity index (χ3v) is 5.74. The van der Waals surface area contributed by atoms with Crippen molar-refractivity contribution in [3.05, 3.63) is 47.9 Å². The Bertz CT molecular complexity index is 930. The number of aliphatic imine (C=N–C) groups is 2. The SMILES string of the molecule is C=NC(=N/C=C(\C)C(O)C(C)C)N1CCN(C(C)c2ccc3nccnc3c2)CC1. The number of hydrogen-bond acceptors (Lipinski definition) is 5. The number of nitrogens with zero attached hydrogens (tertiary/aromatic N) is 6. The van der Waals surface area contributed by atoms with E-state index in [2.05, 4.69) is 55.5 Å². The summed E-state index contributed by atoms with van der Waals surface area (Å²) in [6.07, 6.45) is 4.66. The maximum atomic E-state index is 10.1. The zero-order chi connectivity index (χ0) is 21.7. The molecule has 1 aromatic carbocycles. The standard InChI is InChI=1S/C23H32N6O/c1-16(2)22(30)17(3)15-27-23(24-5)29-12-10-28(11-13-29)18(4)19-6-7-20-21(14-19)26-9-8-25-20/h6-9,14-16,18,22,30H,5,10-13H2,1-4H3/b17-15+,27-23?. The molecule has 0 amide bonds. The van der Waals surface area contributed by atoms with Gasteiger partial charge < -0.3 is 10.0 Å². The van der Waals surface area contributed by atoms with Crippen LogP contribution in [-0.4, -0.2) is 69.8 Å². The highest BCUT2D eigenvalue weighted by Crippen LogP contribution is 2.24. The average Bonchev–Trinajstić information content (AvgIpc) is 2.78. The number of aliphatic hydroxyl groups excluding tert-OH is 1. The van der Waals surface area contributed by atoms with Crippen molar-refractivity contribution in [3.8, 4) is 0 Å². The molecular weight excluding hydrogens is 376 g/mol. The number of fused-ring (bicyclic) bond motifs is 1. The van der Waals surface area contributed by atoms with Gasteiger partial charge in [0.05, 0.1) is 17.1 Å². The fraction of sp³-hybridized carbons (Fsp3) is 0.478. The lowest BCUT2D eigenvalue weighted by molar-refractivity contribution is 0.140. The monoisotopic (exact) mass is 408 g/mol. The number of guanidine groups is 1. The first-order valence-corrected chi connectivity index (χ1v) is 10.5. The molecule has 160 valence electrons. The molecule has 30 heavy (non-hydrogen) atoms. The smallest absolute Gasteiger partial charge is 0.224 e. The Balaban J connectivity index is 1.64. The van der Waals surface area contributed by atoms with E-state index in [4.69, 9.17) is 0 Å². The van der Waals surface area contributed by atoms with Crippen LogP contribution in [0.15, 0.2) is 52.4 Å². The molecule has 0 saturated carbocycles. The third-order valence-electron chi connectivity index (χ3n) is 5.74. The maximum Gasteiger partial charge on any atom is 0.224 e. The summed E-state index contributed by atoms with van der Waals surface area (Å²) in [5.74, 6) is 0.765. The lowest BCUT2D eigenvalue weighted by Crippen LogP contribution is -2.48. The molecule has 7 heteroatoms. The minimum atomic E-state index is -0.496. The summed E-state index contributed by atoms with van der Waals surface area (Å²) < 4.78 is 0. The summed E-state index contributed by atoms with van der Waals surface area (Å²) in [5.41, 5.74) is 3.92. The Morgan fingerprint density at radius 1 is 1.10 bits per heavy atom. The van der Waals surface area contributed by atoms with Gasteiger partial charge in [0, 0.05) is 50.8 Å². The van der Waals surface area contributed by atoms with E-state index in [9.17, 15) is 5.11 Å². The van der Waals surface area contributed by atoms with Gasteiger partial charge in [0.1, 0.15) is 0 Å². The van der Waals surface area contributed by atoms with Crippen molar-refractivity contribution < 1.29 is 5.11 Å². The molecule has 1 N–H and O–H groups in total. The number of aliphatic hydroxyl groups is 1. The maximum absolute atomic E-state index is 10.1. The molecule has 1 saturated heterocycles. The molecule has 1 aromatic heterocycles. The first-order valence-electron chi connectivity index (χ1n) is 10.5. The second-order valence-electron chi connectivity index (χ2n) is 8.15. The van der Waals surface area contributed by atoms with Gasteiger partial charge in [-0.2, -0.15) is 0 Å². The van der Waals surface area contributed by atoms with Crippen molar-refractivity contribution in [1.29, 1.82) is 0 Å². The Morgan fingerprint density at radius 2 is 1.77 bits per heavy atom. The first-order chi connectivity index (χ1) is 14.4. The number of rotatable bonds is 5. The van der Waals surface area contributed by atoms with Gasteiger partial charge in [-0.3, -0.25) is 14.9 Å². The summed E-state index contributed by atoms with van der Waals surface area (Å²) in [5, 5.41) is 10.1. The van der Waals surface area contributed by atoms with Crippen LogP contribution in [0.2, 0.25) is 0 Å². The Morgan fingerprint density at radius 3 is 2.40 bits per heavy atom. The predicted molar refractivity (Wildman–Crippen MR) is 123 cm³/mol. The highest BCUT2D eigenvalue weighted by Gasteiger charge is 2.24. The zero-order valence-corrected chi connectivity index (χ0v) is 18.4. The second kappa shape index (κ2) is 9.91. The summed E-state index contributed by atoms with van der Waals surface area (Å²) >= 11 is 0. The normalized spacial score (nSPS) is 18.7. The van der Waals surface area contributed by atoms with Crippen molar-refractivity contribution in [2.45, 2.75) is 39.8 Å². The van der Waals surface area contributed by atoms with Crippen molar-refractivity contribution >= 4 is 23.7 Å². The van der Waals surface area contributed by atoms with Gasteiger partial charge in [0.25, 0.3) is 0 Å². The van der Waals surface area contributed by atoms with E-state index in [0.29, 0.717) is 12.0 Å². The van der Waals surface area contributed by atoms with E-state index in [1.54, 1.807) is 18.6 Å². The summed E-state index contributed by atoms with van der Waals surface area (Å²) in [6.45, 7) is 15.3. The molecular formula is C23H32N6O. The second-order valence-corrected chi connectivity index (χ2v) is 8.15. The van der Waals surface area contributed by atoms with Gasteiger partial charge in [0.2, 0.25) is 5.96 Å². The molecule has 0 bridgehead atoms. The number of aromatic nitrogens is 2. The van der Waals surface area contributed by atoms with Crippen LogP contribution in [-0.2, 0) is 0 Å². The molecule has 2 unspecified atom stereocenters. The van der Waals surface area contributed by atoms with Crippen LogP contribution in [0.1, 0.15) is 39.3 Å². The summed E-state index contributed by atoms with van der Waals surface area (Å²) in [4.78, 5) is 22.0. The fourth-order valence-electron chi connectivity index (χ4n) is 3.74. The van der Waals surface area contributed by atoms with Gasteiger partial charge >= 0.3 is 0 Å². The molecule has 1 aliphatic rings. The van der Waals surface area contributed by atoms with Gasteiger partial charge in [-0.05, 0) is 49.8 Å². The molecule has 2 heterocycles. The molecule has 0 radical (unpaired) electrons. The first kappa shape index (κ1) is 22.1. The van der Waals surface area contributed by atoms with Crippen LogP contribution in [0, 0.1) is 5.92 Å². The lowest BCUT2D eigenvalue weighted by Gasteiger charge is -2.38. The minimum absolute atomic E-state index is 0.155. The van der Waals surface area contributed by atoms with Gasteiger partial charge in [-0.25, -0.2) is 9.98 Å². The lowest BCUT2D eigenvalue weighted by atomic mass is 10.0. The fourth-order valence-corrected chi connectivity index (χ4v) is 3.74. The van der Waals surface area contributed by atoms with Gasteiger partial charge in [0.15, 0.2) is 0 Å². The van der Waals surface area contributed by atoms with E-state index in [0.717, 1.165) is 42.8 Å². The Kier molecular flexibility index (Phi) is 7.29. The molecule has 2 aromatic rings. The molecule has 2 atom stereocenters. The topological polar surface area (TPSA) is 77.2 Å². The van der Waals surface area contributed by atoms with Crippen molar-refractivity contribution in [2.24, 2.45) is 15.9 Å². The van der Waals surface area contributed by atoms with Crippen LogP contribution in [0.5, 0.6) is 0 Å². The molecule has 7 nitrogen and oxygen atoms in total. The van der Waals surface area contributed by atoms with Crippen molar-refractivity contribution in [2.75, 3.05) is 26.2 Å². The molecule has 0 spiro atoms. The van der Waals surface area contributed by atoms with Crippen LogP contribution in [0.4, 0.5) is 0 Å². The Hall–Kier alpha value is -2.64. The highest BCUT2D eigenvalue weighted by atomic mass is 16.3. The summed E-state index contributed by atoms with van der Waals surface area (Å²) in [6, 6.07) is 6.60. The van der Waals surface area contributed by atoms with Crippen LogP contribution in [0.25, 0.3) is 11.0 Å². The predicted octanol–water partition coefficient (Wildman–Crippen LogP) is 3.29. The number of benzene rings is 1. The van der Waals surface area contributed by atoms with E-state index in [1.165, 1.54) is 5.56 Å². The zero-order valence-electron chi connectivity index (χ0n) is 18.4. The molecule has 1 aliphatic heterocycles. The van der Waals surface area contributed by atoms with E-state index < -0.39 is 6.10 Å². The van der Waals surface area contributed by atoms with Crippen molar-refractivity contribution in [3.63, 3.8) is 0 Å². The van der Waals surface area contributed by atoms with E-state index in [-0.39, 0.29) is 5.92 Å². The molecule has 3 rings (SSSR count). The number of hydrogen-bond donors (Lipinski definition) is 1. The minimum Gasteiger partial charge on any atom is -0.388 e. The third kappa shape index (κ3) is 5.09. The van der Waals surface area contributed by atoms with Crippen LogP contribution < -0.4 is 0 Å². The van der Waals surface area contributed by atoms with E-state index in [1.807, 2.05) is 26.8 Å². The van der Waals surface area contributed by atoms with Crippen LogP contribution >= 0.6 is 0 Å². The van der Waals surface area contributed by atoms with Crippen molar-refractivity contribution in [1.82, 2.24) is 19.8 Å². The molecule has 0 aliphatic carbocycles. The molecule has 1 fully saturated rings. The van der Waals surface area contributed by atoms with E-state index >= 15 is 0 Å². The van der Waals surface area contributed by atoms with Gasteiger partial charge in [-0.15, -0.1) is 0 Å². The summed E-state index contributed by atoms with van der Waals surface area (Å²) in [7, 11) is 0.